The number of aromatic nitrogens is 3. The minimum Gasteiger partial charge on any atom is -0.313 e. The molecule has 1 aromatic carbocycles. The molecule has 2 aromatic heterocycles. The van der Waals surface area contributed by atoms with Crippen molar-refractivity contribution in [1.29, 1.82) is 0 Å². The zero-order valence-electron chi connectivity index (χ0n) is 12.4. The fraction of sp³-hybridized carbons (Fsp3) is 0.250. The predicted molar refractivity (Wildman–Crippen MR) is 82.2 cm³/mol. The number of rotatable bonds is 2. The number of benzene rings is 1. The van der Waals surface area contributed by atoms with Crippen molar-refractivity contribution >= 4 is 11.2 Å². The average Bonchev–Trinajstić information content (AvgIpc) is 2.78. The van der Waals surface area contributed by atoms with Gasteiger partial charge in [0.25, 0.3) is 0 Å². The van der Waals surface area contributed by atoms with Gasteiger partial charge in [0.05, 0.1) is 22.8 Å². The Kier molecular flexibility index (Phi) is 3.24. The average molecular weight is 334 g/mol. The lowest BCUT2D eigenvalue weighted by Crippen LogP contribution is -2.47. The molecule has 0 aliphatic carbocycles. The first kappa shape index (κ1) is 14.9. The molecule has 1 fully saturated rings. The van der Waals surface area contributed by atoms with Crippen molar-refractivity contribution in [3.63, 3.8) is 0 Å². The molecule has 1 aliphatic rings. The monoisotopic (exact) mass is 334 g/mol. The number of fused-ring (bicyclic) bond motifs is 1. The molecule has 1 saturated heterocycles. The van der Waals surface area contributed by atoms with Gasteiger partial charge in [0.2, 0.25) is 0 Å². The first-order valence-electron chi connectivity index (χ1n) is 7.43. The van der Waals surface area contributed by atoms with Gasteiger partial charge in [0.15, 0.2) is 5.65 Å². The highest BCUT2D eigenvalue weighted by molar-refractivity contribution is 5.74. The van der Waals surface area contributed by atoms with Crippen LogP contribution in [0.15, 0.2) is 47.4 Å². The van der Waals surface area contributed by atoms with Crippen molar-refractivity contribution in [1.82, 2.24) is 19.4 Å². The second-order valence-corrected chi connectivity index (χ2v) is 5.69. The smallest absolute Gasteiger partial charge is 0.313 e. The van der Waals surface area contributed by atoms with E-state index in [-0.39, 0.29) is 11.7 Å². The molecule has 0 radical (unpaired) electrons. The summed E-state index contributed by atoms with van der Waals surface area (Å²) in [6.07, 6.45) is -2.81. The van der Waals surface area contributed by atoms with E-state index in [1.165, 1.54) is 16.7 Å². The number of imidazole rings is 1. The van der Waals surface area contributed by atoms with E-state index in [2.05, 4.69) is 10.3 Å². The van der Waals surface area contributed by atoms with Gasteiger partial charge in [0, 0.05) is 19.3 Å². The molecule has 0 spiro atoms. The zero-order valence-corrected chi connectivity index (χ0v) is 12.4. The van der Waals surface area contributed by atoms with E-state index in [0.29, 0.717) is 29.9 Å². The first-order chi connectivity index (χ1) is 11.5. The molecule has 0 unspecified atom stereocenters. The van der Waals surface area contributed by atoms with E-state index in [0.717, 1.165) is 12.1 Å². The summed E-state index contributed by atoms with van der Waals surface area (Å²) in [6.45, 7) is 1.34. The van der Waals surface area contributed by atoms with Crippen LogP contribution in [-0.4, -0.2) is 27.2 Å². The minimum atomic E-state index is -4.41. The SMILES string of the molecule is O=c1n(-c2ccc(C(F)(F)F)cc2)c2cccnc2n1C1CNC1. The third kappa shape index (κ3) is 2.22. The van der Waals surface area contributed by atoms with Crippen LogP contribution in [-0.2, 0) is 6.18 Å². The van der Waals surface area contributed by atoms with Crippen LogP contribution in [0.25, 0.3) is 16.9 Å². The Labute approximate surface area is 134 Å². The Morgan fingerprint density at radius 2 is 1.83 bits per heavy atom. The molecular formula is C16H13F3N4O. The van der Waals surface area contributed by atoms with Crippen molar-refractivity contribution in [2.24, 2.45) is 0 Å². The third-order valence-corrected chi connectivity index (χ3v) is 4.21. The van der Waals surface area contributed by atoms with Crippen LogP contribution in [0, 0.1) is 0 Å². The van der Waals surface area contributed by atoms with Gasteiger partial charge in [-0.05, 0) is 36.4 Å². The van der Waals surface area contributed by atoms with Crippen LogP contribution in [0.4, 0.5) is 13.2 Å². The van der Waals surface area contributed by atoms with Gasteiger partial charge in [-0.3, -0.25) is 9.13 Å². The van der Waals surface area contributed by atoms with Crippen LogP contribution < -0.4 is 11.0 Å². The Morgan fingerprint density at radius 3 is 2.42 bits per heavy atom. The Hall–Kier alpha value is -2.61. The van der Waals surface area contributed by atoms with Crippen molar-refractivity contribution in [3.8, 4) is 5.69 Å². The van der Waals surface area contributed by atoms with Gasteiger partial charge < -0.3 is 5.32 Å². The first-order valence-corrected chi connectivity index (χ1v) is 7.43. The van der Waals surface area contributed by atoms with E-state index in [4.69, 9.17) is 0 Å². The number of hydrogen-bond acceptors (Lipinski definition) is 3. The highest BCUT2D eigenvalue weighted by Crippen LogP contribution is 2.30. The molecule has 0 bridgehead atoms. The molecular weight excluding hydrogens is 321 g/mol. The molecule has 3 aromatic rings. The second kappa shape index (κ2) is 5.20. The molecule has 0 amide bonds. The van der Waals surface area contributed by atoms with Crippen molar-refractivity contribution in [2.45, 2.75) is 12.2 Å². The molecule has 3 heterocycles. The number of alkyl halides is 3. The highest BCUT2D eigenvalue weighted by atomic mass is 19.4. The summed E-state index contributed by atoms with van der Waals surface area (Å²) in [6, 6.07) is 8.01. The lowest BCUT2D eigenvalue weighted by molar-refractivity contribution is -0.137. The number of hydrogen-bond donors (Lipinski definition) is 1. The van der Waals surface area contributed by atoms with Crippen molar-refractivity contribution in [2.75, 3.05) is 13.1 Å². The van der Waals surface area contributed by atoms with Crippen LogP contribution in [0.1, 0.15) is 11.6 Å². The Morgan fingerprint density at radius 1 is 1.12 bits per heavy atom. The van der Waals surface area contributed by atoms with Gasteiger partial charge in [-0.2, -0.15) is 13.2 Å². The van der Waals surface area contributed by atoms with E-state index >= 15 is 0 Å². The summed E-state index contributed by atoms with van der Waals surface area (Å²) in [5, 5.41) is 3.10. The molecule has 4 rings (SSSR count). The number of nitrogens with zero attached hydrogens (tertiary/aromatic N) is 3. The van der Waals surface area contributed by atoms with E-state index in [1.54, 1.807) is 22.9 Å². The molecule has 0 saturated carbocycles. The van der Waals surface area contributed by atoms with Gasteiger partial charge >= 0.3 is 11.9 Å². The largest absolute Gasteiger partial charge is 0.416 e. The molecule has 124 valence electrons. The predicted octanol–water partition coefficient (Wildman–Crippen LogP) is 2.35. The fourth-order valence-corrected chi connectivity index (χ4v) is 2.88. The van der Waals surface area contributed by atoms with Crippen LogP contribution in [0.3, 0.4) is 0 Å². The third-order valence-electron chi connectivity index (χ3n) is 4.21. The lowest BCUT2D eigenvalue weighted by Gasteiger charge is -2.27. The summed E-state index contributed by atoms with van der Waals surface area (Å²) in [7, 11) is 0. The minimum absolute atomic E-state index is 0.00518. The molecule has 24 heavy (non-hydrogen) atoms. The summed E-state index contributed by atoms with van der Waals surface area (Å²) in [5.41, 5.74) is 0.458. The molecule has 5 nitrogen and oxygen atoms in total. The van der Waals surface area contributed by atoms with Crippen molar-refractivity contribution in [3.05, 3.63) is 58.6 Å². The number of pyridine rings is 1. The van der Waals surface area contributed by atoms with Crippen LogP contribution in [0.2, 0.25) is 0 Å². The van der Waals surface area contributed by atoms with Gasteiger partial charge in [-0.25, -0.2) is 9.78 Å². The molecule has 1 aliphatic heterocycles. The Balaban J connectivity index is 1.91. The maximum Gasteiger partial charge on any atom is 0.416 e. The maximum atomic E-state index is 12.8. The molecule has 1 N–H and O–H groups in total. The highest BCUT2D eigenvalue weighted by Gasteiger charge is 2.30. The van der Waals surface area contributed by atoms with E-state index in [9.17, 15) is 18.0 Å². The number of nitrogens with one attached hydrogen (secondary N) is 1. The van der Waals surface area contributed by atoms with Crippen LogP contribution >= 0.6 is 0 Å². The summed E-state index contributed by atoms with van der Waals surface area (Å²) in [4.78, 5) is 17.1. The summed E-state index contributed by atoms with van der Waals surface area (Å²) >= 11 is 0. The maximum absolute atomic E-state index is 12.8. The molecule has 8 heteroatoms. The molecule has 0 atom stereocenters. The fourth-order valence-electron chi connectivity index (χ4n) is 2.88. The second-order valence-electron chi connectivity index (χ2n) is 5.69. The summed E-state index contributed by atoms with van der Waals surface area (Å²) < 4.78 is 41.2. The van der Waals surface area contributed by atoms with Crippen molar-refractivity contribution < 1.29 is 13.2 Å². The van der Waals surface area contributed by atoms with Gasteiger partial charge in [-0.15, -0.1) is 0 Å². The topological polar surface area (TPSA) is 51.9 Å². The van der Waals surface area contributed by atoms with Gasteiger partial charge in [-0.1, -0.05) is 0 Å². The van der Waals surface area contributed by atoms with E-state index < -0.39 is 11.7 Å². The van der Waals surface area contributed by atoms with Crippen LogP contribution in [0.5, 0.6) is 0 Å². The number of halogens is 3. The lowest BCUT2D eigenvalue weighted by atomic mass is 10.2. The van der Waals surface area contributed by atoms with E-state index in [1.807, 2.05) is 0 Å². The summed E-state index contributed by atoms with van der Waals surface area (Å²) in [5.74, 6) is 0. The quantitative estimate of drug-likeness (QED) is 0.783. The zero-order chi connectivity index (χ0) is 16.9. The Bertz CT molecular complexity index is 952. The normalized spacial score (nSPS) is 15.6. The van der Waals surface area contributed by atoms with Gasteiger partial charge in [0.1, 0.15) is 0 Å². The standard InChI is InChI=1S/C16H13F3N4O/c17-16(18,19)10-3-5-11(6-4-10)22-13-2-1-7-21-14(13)23(15(22)24)12-8-20-9-12/h1-7,12,20H,8-9H2.